The van der Waals surface area contributed by atoms with Crippen LogP contribution in [0.5, 0.6) is 0 Å². The predicted molar refractivity (Wildman–Crippen MR) is 82.8 cm³/mol. The number of aryl methyl sites for hydroxylation is 2. The fourth-order valence-electron chi connectivity index (χ4n) is 2.65. The van der Waals surface area contributed by atoms with Gasteiger partial charge in [-0.15, -0.1) is 0 Å². The van der Waals surface area contributed by atoms with E-state index in [-0.39, 0.29) is 0 Å². The molecule has 0 aliphatic carbocycles. The molecule has 1 aromatic rings. The van der Waals surface area contributed by atoms with Gasteiger partial charge in [0, 0.05) is 0 Å². The summed E-state index contributed by atoms with van der Waals surface area (Å²) in [4.78, 5) is 10.9. The fourth-order valence-corrected chi connectivity index (χ4v) is 2.65. The fraction of sp³-hybridized carbons (Fsp3) is 0.765. The molecule has 0 saturated heterocycles. The van der Waals surface area contributed by atoms with E-state index in [0.717, 1.165) is 18.7 Å². The first-order valence-corrected chi connectivity index (χ1v) is 8.29. The van der Waals surface area contributed by atoms with E-state index >= 15 is 0 Å². The summed E-state index contributed by atoms with van der Waals surface area (Å²) >= 11 is 0. The summed E-state index contributed by atoms with van der Waals surface area (Å²) in [5.41, 5.74) is 0. The lowest BCUT2D eigenvalue weighted by atomic mass is 10.1. The lowest BCUT2D eigenvalue weighted by molar-refractivity contribution is -0.672. The summed E-state index contributed by atoms with van der Waals surface area (Å²) in [5.74, 6) is 0.765. The van der Waals surface area contributed by atoms with Crippen LogP contribution in [-0.2, 0) is 13.6 Å². The van der Waals surface area contributed by atoms with Crippen LogP contribution in [0.15, 0.2) is 12.4 Å². The Hall–Kier alpha value is -1.12. The normalized spacial score (nSPS) is 10.9. The van der Waals surface area contributed by atoms with Gasteiger partial charge in [-0.05, 0) is 12.8 Å². The molecule has 0 fully saturated rings. The van der Waals surface area contributed by atoms with Gasteiger partial charge in [-0.1, -0.05) is 58.3 Å². The van der Waals surface area contributed by atoms with E-state index in [1.165, 1.54) is 64.2 Å². The van der Waals surface area contributed by atoms with Crippen LogP contribution in [0.4, 0.5) is 0 Å². The van der Waals surface area contributed by atoms with Crippen LogP contribution in [0.3, 0.4) is 0 Å². The first kappa shape index (κ1) is 16.9. The minimum Gasteiger partial charge on any atom is -0.289 e. The molecule has 0 aromatic carbocycles. The molecular formula is C17H31N2O+. The number of rotatable bonds is 12. The van der Waals surface area contributed by atoms with Crippen molar-refractivity contribution < 1.29 is 9.36 Å². The van der Waals surface area contributed by atoms with Crippen LogP contribution in [0.25, 0.3) is 0 Å². The number of hydrogen-bond donors (Lipinski definition) is 0. The molecule has 0 radical (unpaired) electrons. The van der Waals surface area contributed by atoms with Crippen molar-refractivity contribution >= 4 is 6.29 Å². The van der Waals surface area contributed by atoms with E-state index in [2.05, 4.69) is 11.5 Å². The van der Waals surface area contributed by atoms with Crippen molar-refractivity contribution in [3.63, 3.8) is 0 Å². The van der Waals surface area contributed by atoms with E-state index in [9.17, 15) is 4.79 Å². The van der Waals surface area contributed by atoms with Gasteiger partial charge in [-0.3, -0.25) is 4.79 Å². The van der Waals surface area contributed by atoms with E-state index in [1.807, 2.05) is 24.0 Å². The maximum atomic E-state index is 10.9. The molecule has 0 aliphatic heterocycles. The second-order valence-electron chi connectivity index (χ2n) is 5.76. The number of carbonyl (C=O) groups is 1. The molecule has 3 heteroatoms. The molecule has 0 unspecified atom stereocenters. The minimum atomic E-state index is 0.765. The molecule has 0 atom stereocenters. The van der Waals surface area contributed by atoms with Gasteiger partial charge in [0.15, 0.2) is 0 Å². The first-order chi connectivity index (χ1) is 9.79. The number of imidazole rings is 1. The Labute approximate surface area is 124 Å². The summed E-state index contributed by atoms with van der Waals surface area (Å²) in [5, 5.41) is 0. The third kappa shape index (κ3) is 6.36. The third-order valence-electron chi connectivity index (χ3n) is 3.98. The monoisotopic (exact) mass is 279 g/mol. The zero-order valence-corrected chi connectivity index (χ0v) is 13.3. The highest BCUT2D eigenvalue weighted by atomic mass is 16.1. The van der Waals surface area contributed by atoms with Gasteiger partial charge in [0.2, 0.25) is 6.29 Å². The molecule has 0 saturated carbocycles. The first-order valence-electron chi connectivity index (χ1n) is 8.29. The summed E-state index contributed by atoms with van der Waals surface area (Å²) in [6.07, 6.45) is 18.4. The zero-order valence-electron chi connectivity index (χ0n) is 13.3. The molecule has 1 heterocycles. The zero-order chi connectivity index (χ0) is 14.6. The molecule has 114 valence electrons. The number of unbranched alkanes of at least 4 members (excludes halogenated alkanes) is 9. The van der Waals surface area contributed by atoms with E-state index < -0.39 is 0 Å². The number of carbonyl (C=O) groups excluding carboxylic acids is 1. The molecule has 1 rings (SSSR count). The van der Waals surface area contributed by atoms with Gasteiger partial charge in [0.05, 0.1) is 13.6 Å². The van der Waals surface area contributed by atoms with Crippen molar-refractivity contribution in [2.24, 2.45) is 7.05 Å². The molecule has 3 nitrogen and oxygen atoms in total. The highest BCUT2D eigenvalue weighted by molar-refractivity contribution is 5.67. The van der Waals surface area contributed by atoms with Gasteiger partial charge in [-0.2, -0.15) is 0 Å². The molecular weight excluding hydrogens is 248 g/mol. The molecule has 0 bridgehead atoms. The maximum Gasteiger partial charge on any atom is 0.321 e. The molecule has 0 amide bonds. The average Bonchev–Trinajstić information content (AvgIpc) is 2.81. The van der Waals surface area contributed by atoms with Crippen molar-refractivity contribution in [2.45, 2.75) is 77.7 Å². The lowest BCUT2D eigenvalue weighted by Gasteiger charge is -2.02. The number of nitrogens with zero attached hydrogens (tertiary/aromatic N) is 2. The van der Waals surface area contributed by atoms with Crippen molar-refractivity contribution in [1.82, 2.24) is 4.57 Å². The second kappa shape index (κ2) is 10.6. The van der Waals surface area contributed by atoms with Crippen LogP contribution in [0.1, 0.15) is 81.8 Å². The minimum absolute atomic E-state index is 0.765. The molecule has 0 spiro atoms. The summed E-state index contributed by atoms with van der Waals surface area (Å²) in [7, 11) is 1.92. The van der Waals surface area contributed by atoms with Crippen LogP contribution >= 0.6 is 0 Å². The lowest BCUT2D eigenvalue weighted by Crippen LogP contribution is -2.31. The number of aldehydes is 1. The predicted octanol–water partition coefficient (Wildman–Crippen LogP) is 4.05. The smallest absolute Gasteiger partial charge is 0.289 e. The van der Waals surface area contributed by atoms with E-state index in [1.54, 1.807) is 0 Å². The van der Waals surface area contributed by atoms with Crippen molar-refractivity contribution in [3.8, 4) is 0 Å². The number of aromatic nitrogens is 2. The van der Waals surface area contributed by atoms with E-state index in [0.29, 0.717) is 0 Å². The SMILES string of the molecule is CCCCCCCCCCCCn1cc[n+](C)c1C=O. The van der Waals surface area contributed by atoms with E-state index in [4.69, 9.17) is 0 Å². The maximum absolute atomic E-state index is 10.9. The van der Waals surface area contributed by atoms with Crippen LogP contribution in [0.2, 0.25) is 0 Å². The Balaban J connectivity index is 1.98. The Morgan fingerprint density at radius 2 is 1.55 bits per heavy atom. The van der Waals surface area contributed by atoms with Gasteiger partial charge in [0.25, 0.3) is 0 Å². The number of hydrogen-bond acceptors (Lipinski definition) is 1. The molecule has 1 aromatic heterocycles. The highest BCUT2D eigenvalue weighted by Gasteiger charge is 2.11. The Bertz CT molecular complexity index is 371. The van der Waals surface area contributed by atoms with Gasteiger partial charge in [-0.25, -0.2) is 9.13 Å². The van der Waals surface area contributed by atoms with Crippen molar-refractivity contribution in [2.75, 3.05) is 0 Å². The second-order valence-corrected chi connectivity index (χ2v) is 5.76. The quantitative estimate of drug-likeness (QED) is 0.322. The summed E-state index contributed by atoms with van der Waals surface area (Å²) in [6, 6.07) is 0. The largest absolute Gasteiger partial charge is 0.321 e. The highest BCUT2D eigenvalue weighted by Crippen LogP contribution is 2.11. The summed E-state index contributed by atoms with van der Waals surface area (Å²) < 4.78 is 3.93. The average molecular weight is 279 g/mol. The van der Waals surface area contributed by atoms with Gasteiger partial charge < -0.3 is 0 Å². The third-order valence-corrected chi connectivity index (χ3v) is 3.98. The molecule has 0 N–H and O–H groups in total. The summed E-state index contributed by atoms with van der Waals surface area (Å²) in [6.45, 7) is 3.23. The van der Waals surface area contributed by atoms with Crippen LogP contribution in [0, 0.1) is 0 Å². The Kier molecular flexibility index (Phi) is 9.01. The molecule has 20 heavy (non-hydrogen) atoms. The van der Waals surface area contributed by atoms with Crippen molar-refractivity contribution in [3.05, 3.63) is 18.2 Å². The van der Waals surface area contributed by atoms with Crippen molar-refractivity contribution in [1.29, 1.82) is 0 Å². The van der Waals surface area contributed by atoms with Crippen LogP contribution in [-0.4, -0.2) is 10.9 Å². The van der Waals surface area contributed by atoms with Gasteiger partial charge in [0.1, 0.15) is 12.4 Å². The van der Waals surface area contributed by atoms with Gasteiger partial charge >= 0.3 is 5.82 Å². The Morgan fingerprint density at radius 3 is 2.10 bits per heavy atom. The standard InChI is InChI=1S/C17H31N2O/c1-3-4-5-6-7-8-9-10-11-12-13-19-15-14-18(2)17(19)16-20/h14-16H,3-13H2,1-2H3/q+1. The Morgan fingerprint density at radius 1 is 1.00 bits per heavy atom. The molecule has 0 aliphatic rings. The topological polar surface area (TPSA) is 25.9 Å². The van der Waals surface area contributed by atoms with Crippen LogP contribution < -0.4 is 4.57 Å².